The summed E-state index contributed by atoms with van der Waals surface area (Å²) in [4.78, 5) is 19.7. The lowest BCUT2D eigenvalue weighted by molar-refractivity contribution is 0.102. The molecule has 1 aliphatic rings. The molecule has 1 aromatic carbocycles. The van der Waals surface area contributed by atoms with Gasteiger partial charge in [-0.3, -0.25) is 14.4 Å². The van der Waals surface area contributed by atoms with Crippen LogP contribution in [0.2, 0.25) is 0 Å². The quantitative estimate of drug-likeness (QED) is 0.546. The van der Waals surface area contributed by atoms with Gasteiger partial charge < -0.3 is 9.72 Å². The van der Waals surface area contributed by atoms with E-state index >= 15 is 0 Å². The second-order valence-corrected chi connectivity index (χ2v) is 8.04. The van der Waals surface area contributed by atoms with Crippen LogP contribution in [-0.2, 0) is 7.05 Å². The Kier molecular flexibility index (Phi) is 4.78. The van der Waals surface area contributed by atoms with Crippen LogP contribution in [0.3, 0.4) is 0 Å². The van der Waals surface area contributed by atoms with Crippen LogP contribution in [0.5, 0.6) is 0 Å². The molecular weight excluding hydrogens is 395 g/mol. The molecule has 1 amide bonds. The molecule has 0 saturated carbocycles. The van der Waals surface area contributed by atoms with Gasteiger partial charge in [0.25, 0.3) is 5.91 Å². The molecule has 4 aromatic rings. The molecule has 0 aliphatic carbocycles. The summed E-state index contributed by atoms with van der Waals surface area (Å²) in [7, 11) is 3.91. The van der Waals surface area contributed by atoms with E-state index < -0.39 is 11.7 Å². The zero-order chi connectivity index (χ0) is 21.5. The fourth-order valence-electron chi connectivity index (χ4n) is 4.18. The minimum absolute atomic E-state index is 0.00774. The lowest BCUT2D eigenvalue weighted by Crippen LogP contribution is -2.17. The van der Waals surface area contributed by atoms with E-state index in [1.165, 1.54) is 18.6 Å². The number of aromatic nitrogens is 4. The first-order valence-electron chi connectivity index (χ1n) is 10.3. The van der Waals surface area contributed by atoms with E-state index in [0.29, 0.717) is 17.3 Å². The van der Waals surface area contributed by atoms with E-state index in [9.17, 15) is 9.18 Å². The lowest BCUT2D eigenvalue weighted by Gasteiger charge is -2.16. The van der Waals surface area contributed by atoms with Gasteiger partial charge in [0.1, 0.15) is 11.5 Å². The van der Waals surface area contributed by atoms with Gasteiger partial charge >= 0.3 is 0 Å². The number of hydrogen-bond acceptors (Lipinski definition) is 4. The molecule has 1 aliphatic heterocycles. The van der Waals surface area contributed by atoms with Crippen LogP contribution in [0.25, 0.3) is 16.8 Å². The van der Waals surface area contributed by atoms with E-state index in [-0.39, 0.29) is 5.56 Å². The summed E-state index contributed by atoms with van der Waals surface area (Å²) < 4.78 is 18.2. The van der Waals surface area contributed by atoms with Crippen LogP contribution in [0.15, 0.2) is 55.1 Å². The summed E-state index contributed by atoms with van der Waals surface area (Å²) in [6, 6.07) is 8.54. The van der Waals surface area contributed by atoms with Gasteiger partial charge in [-0.25, -0.2) is 9.37 Å². The number of nitrogens with zero attached hydrogens (tertiary/aromatic N) is 5. The average molecular weight is 418 g/mol. The van der Waals surface area contributed by atoms with Gasteiger partial charge in [0, 0.05) is 31.2 Å². The number of pyridine rings is 1. The fourth-order valence-corrected chi connectivity index (χ4v) is 4.18. The van der Waals surface area contributed by atoms with Gasteiger partial charge in [-0.05, 0) is 56.3 Å². The average Bonchev–Trinajstić information content (AvgIpc) is 3.46. The smallest absolute Gasteiger partial charge is 0.258 e. The highest BCUT2D eigenvalue weighted by Crippen LogP contribution is 2.30. The van der Waals surface area contributed by atoms with Crippen molar-refractivity contribution in [2.75, 3.05) is 18.9 Å². The van der Waals surface area contributed by atoms with Crippen molar-refractivity contribution in [1.29, 1.82) is 0 Å². The van der Waals surface area contributed by atoms with Gasteiger partial charge in [-0.15, -0.1) is 0 Å². The standard InChI is InChI=1S/C23H23FN6O/c1-28-9-3-4-21(28)20-14-30-13-17(6-8-22(30)27-20)26-23(31)18-7-5-15(10-19(18)24)16-11-25-29(2)12-16/h5-8,10-14,21H,3-4,9H2,1-2H3,(H,26,31)/t21-/m1/s1. The summed E-state index contributed by atoms with van der Waals surface area (Å²) in [5.41, 5.74) is 3.89. The number of carbonyl (C=O) groups excluding carboxylic acids is 1. The van der Waals surface area contributed by atoms with Crippen molar-refractivity contribution in [2.24, 2.45) is 7.05 Å². The molecule has 158 valence electrons. The lowest BCUT2D eigenvalue weighted by atomic mass is 10.1. The predicted molar refractivity (Wildman–Crippen MR) is 116 cm³/mol. The molecule has 3 aromatic heterocycles. The zero-order valence-electron chi connectivity index (χ0n) is 17.4. The van der Waals surface area contributed by atoms with Crippen molar-refractivity contribution >= 4 is 17.2 Å². The minimum atomic E-state index is -0.575. The third kappa shape index (κ3) is 3.70. The van der Waals surface area contributed by atoms with Gasteiger partial charge in [0.15, 0.2) is 0 Å². The first-order chi connectivity index (χ1) is 15.0. The van der Waals surface area contributed by atoms with Crippen molar-refractivity contribution in [1.82, 2.24) is 24.1 Å². The summed E-state index contributed by atoms with van der Waals surface area (Å²) in [5.74, 6) is -1.07. The highest BCUT2D eigenvalue weighted by Gasteiger charge is 2.25. The van der Waals surface area contributed by atoms with E-state index in [2.05, 4.69) is 22.4 Å². The number of benzene rings is 1. The molecule has 1 saturated heterocycles. The van der Waals surface area contributed by atoms with Crippen LogP contribution < -0.4 is 5.32 Å². The topological polar surface area (TPSA) is 67.5 Å². The molecule has 1 N–H and O–H groups in total. The van der Waals surface area contributed by atoms with Gasteiger partial charge in [0.2, 0.25) is 0 Å². The number of amides is 1. The van der Waals surface area contributed by atoms with Gasteiger partial charge in [-0.1, -0.05) is 6.07 Å². The van der Waals surface area contributed by atoms with Crippen molar-refractivity contribution in [2.45, 2.75) is 18.9 Å². The van der Waals surface area contributed by atoms with Gasteiger partial charge in [0.05, 0.1) is 29.2 Å². The molecular formula is C23H23FN6O. The number of likely N-dealkylation sites (tertiary alicyclic amines) is 1. The number of anilines is 1. The zero-order valence-corrected chi connectivity index (χ0v) is 17.4. The Morgan fingerprint density at radius 2 is 2.00 bits per heavy atom. The number of aryl methyl sites for hydroxylation is 1. The summed E-state index contributed by atoms with van der Waals surface area (Å²) in [6.45, 7) is 1.07. The van der Waals surface area contributed by atoms with Crippen molar-refractivity contribution in [3.05, 3.63) is 72.2 Å². The summed E-state index contributed by atoms with van der Waals surface area (Å²) >= 11 is 0. The number of hydrogen-bond donors (Lipinski definition) is 1. The third-order valence-corrected chi connectivity index (χ3v) is 5.84. The van der Waals surface area contributed by atoms with Crippen molar-refractivity contribution in [3.8, 4) is 11.1 Å². The molecule has 5 rings (SSSR count). The molecule has 1 fully saturated rings. The van der Waals surface area contributed by atoms with Crippen LogP contribution >= 0.6 is 0 Å². The number of fused-ring (bicyclic) bond motifs is 1. The van der Waals surface area contributed by atoms with Crippen LogP contribution in [-0.4, -0.2) is 43.6 Å². The number of carbonyl (C=O) groups is 1. The van der Waals surface area contributed by atoms with Gasteiger partial charge in [-0.2, -0.15) is 5.10 Å². The Hall–Kier alpha value is -3.52. The van der Waals surface area contributed by atoms with Crippen LogP contribution in [0, 0.1) is 5.82 Å². The van der Waals surface area contributed by atoms with E-state index in [1.54, 1.807) is 42.5 Å². The van der Waals surface area contributed by atoms with E-state index in [1.807, 2.05) is 16.7 Å². The fraction of sp³-hybridized carbons (Fsp3) is 0.261. The maximum atomic E-state index is 14.7. The normalized spacial score (nSPS) is 16.8. The maximum absolute atomic E-state index is 14.7. The van der Waals surface area contributed by atoms with Crippen molar-refractivity contribution in [3.63, 3.8) is 0 Å². The first-order valence-corrected chi connectivity index (χ1v) is 10.3. The second-order valence-electron chi connectivity index (χ2n) is 8.04. The van der Waals surface area contributed by atoms with Crippen LogP contribution in [0.4, 0.5) is 10.1 Å². The van der Waals surface area contributed by atoms with Crippen molar-refractivity contribution < 1.29 is 9.18 Å². The Bertz CT molecular complexity index is 1280. The monoisotopic (exact) mass is 418 g/mol. The van der Waals surface area contributed by atoms with Crippen LogP contribution in [0.1, 0.15) is 34.9 Å². The summed E-state index contributed by atoms with van der Waals surface area (Å²) in [5, 5.41) is 6.88. The molecule has 31 heavy (non-hydrogen) atoms. The Balaban J connectivity index is 1.36. The van der Waals surface area contributed by atoms with E-state index in [0.717, 1.165) is 29.9 Å². The number of imidazole rings is 1. The Morgan fingerprint density at radius 3 is 2.71 bits per heavy atom. The largest absolute Gasteiger partial charge is 0.321 e. The number of rotatable bonds is 4. The summed E-state index contributed by atoms with van der Waals surface area (Å²) in [6.07, 6.45) is 9.53. The molecule has 4 heterocycles. The number of nitrogens with one attached hydrogen (secondary N) is 1. The Labute approximate surface area is 179 Å². The highest BCUT2D eigenvalue weighted by molar-refractivity contribution is 6.04. The Morgan fingerprint density at radius 1 is 1.13 bits per heavy atom. The number of halogens is 1. The molecule has 0 unspecified atom stereocenters. The predicted octanol–water partition coefficient (Wildman–Crippen LogP) is 3.89. The second kappa shape index (κ2) is 7.63. The molecule has 0 spiro atoms. The molecule has 1 atom stereocenters. The SMILES string of the molecule is CN1CCC[C@@H]1c1cn2cc(NC(=O)c3ccc(-c4cnn(C)c4)cc3F)ccc2n1. The third-order valence-electron chi connectivity index (χ3n) is 5.84. The minimum Gasteiger partial charge on any atom is -0.321 e. The molecule has 8 heteroatoms. The first kappa shape index (κ1) is 19.4. The molecule has 0 bridgehead atoms. The molecule has 7 nitrogen and oxygen atoms in total. The molecule has 0 radical (unpaired) electrons. The van der Waals surface area contributed by atoms with E-state index in [4.69, 9.17) is 4.98 Å². The highest BCUT2D eigenvalue weighted by atomic mass is 19.1. The maximum Gasteiger partial charge on any atom is 0.258 e.